The van der Waals surface area contributed by atoms with Gasteiger partial charge in [-0.3, -0.25) is 19.7 Å². The van der Waals surface area contributed by atoms with Crippen LogP contribution in [-0.2, 0) is 15.7 Å². The van der Waals surface area contributed by atoms with E-state index in [0.29, 0.717) is 19.4 Å². The topological polar surface area (TPSA) is 88.6 Å². The Labute approximate surface area is 180 Å². The lowest BCUT2D eigenvalue weighted by molar-refractivity contribution is -0.149. The predicted octanol–water partition coefficient (Wildman–Crippen LogP) is 3.83. The number of nitrogens with one attached hydrogen (secondary N) is 1. The summed E-state index contributed by atoms with van der Waals surface area (Å²) in [5, 5.41) is 3.96. The van der Waals surface area contributed by atoms with E-state index in [9.17, 15) is 27.6 Å². The van der Waals surface area contributed by atoms with E-state index in [1.807, 2.05) is 0 Å². The first kappa shape index (κ1) is 22.7. The molecule has 0 unspecified atom stereocenters. The number of amides is 2. The summed E-state index contributed by atoms with van der Waals surface area (Å²) in [6, 6.07) is 4.02. The maximum absolute atomic E-state index is 12.8. The van der Waals surface area contributed by atoms with Gasteiger partial charge in [-0.05, 0) is 38.0 Å². The number of alkyl halides is 3. The van der Waals surface area contributed by atoms with Gasteiger partial charge in [0.15, 0.2) is 5.13 Å². The number of halogens is 3. The maximum Gasteiger partial charge on any atom is 0.416 e. The smallest absolute Gasteiger partial charge is 0.416 e. The standard InChI is InChI=1S/C20H20F3N3O4S/c1-2-30-18(29)13-6-4-8-26(10-13)17(28)15-11-31-19(24-15)25-16(27)12-5-3-7-14(9-12)20(21,22)23/h3,5,7,9,11,13H,2,4,6,8,10H2,1H3,(H,24,25,27)/t13-/m1/s1. The van der Waals surface area contributed by atoms with Crippen LogP contribution in [0.5, 0.6) is 0 Å². The van der Waals surface area contributed by atoms with Crippen LogP contribution in [0.3, 0.4) is 0 Å². The number of piperidine rings is 1. The van der Waals surface area contributed by atoms with Crippen molar-refractivity contribution in [2.24, 2.45) is 5.92 Å². The Hall–Kier alpha value is -2.95. The van der Waals surface area contributed by atoms with Gasteiger partial charge in [0.25, 0.3) is 11.8 Å². The van der Waals surface area contributed by atoms with Crippen LogP contribution in [-0.4, -0.2) is 47.4 Å². The quantitative estimate of drug-likeness (QED) is 0.693. The van der Waals surface area contributed by atoms with Crippen LogP contribution in [0.4, 0.5) is 18.3 Å². The van der Waals surface area contributed by atoms with Gasteiger partial charge < -0.3 is 9.64 Å². The highest BCUT2D eigenvalue weighted by molar-refractivity contribution is 7.14. The number of rotatable bonds is 5. The molecule has 3 rings (SSSR count). The second-order valence-corrected chi connectivity index (χ2v) is 7.77. The molecule has 1 aromatic heterocycles. The van der Waals surface area contributed by atoms with Gasteiger partial charge in [0.2, 0.25) is 0 Å². The summed E-state index contributed by atoms with van der Waals surface area (Å²) in [7, 11) is 0. The molecule has 2 heterocycles. The molecule has 1 N–H and O–H groups in total. The Morgan fingerprint density at radius 1 is 1.32 bits per heavy atom. The van der Waals surface area contributed by atoms with E-state index in [1.165, 1.54) is 16.3 Å². The summed E-state index contributed by atoms with van der Waals surface area (Å²) >= 11 is 0.985. The van der Waals surface area contributed by atoms with Crippen LogP contribution in [0, 0.1) is 5.92 Å². The van der Waals surface area contributed by atoms with Crippen molar-refractivity contribution >= 4 is 34.3 Å². The SMILES string of the molecule is CCOC(=O)[C@@H]1CCCN(C(=O)c2csc(NC(=O)c3cccc(C(F)(F)F)c3)n2)C1. The zero-order chi connectivity index (χ0) is 22.6. The summed E-state index contributed by atoms with van der Waals surface area (Å²) in [6.45, 7) is 2.68. The molecule has 0 saturated carbocycles. The maximum atomic E-state index is 12.8. The van der Waals surface area contributed by atoms with E-state index < -0.39 is 23.6 Å². The van der Waals surface area contributed by atoms with E-state index in [2.05, 4.69) is 10.3 Å². The number of ether oxygens (including phenoxy) is 1. The molecule has 2 aromatic rings. The van der Waals surface area contributed by atoms with Crippen molar-refractivity contribution in [3.8, 4) is 0 Å². The first-order chi connectivity index (χ1) is 14.7. The largest absolute Gasteiger partial charge is 0.466 e. The average Bonchev–Trinajstić information content (AvgIpc) is 3.21. The average molecular weight is 455 g/mol. The van der Waals surface area contributed by atoms with Gasteiger partial charge in [-0.1, -0.05) is 6.07 Å². The fraction of sp³-hybridized carbons (Fsp3) is 0.400. The number of thiazole rings is 1. The van der Waals surface area contributed by atoms with Crippen molar-refractivity contribution in [3.05, 3.63) is 46.5 Å². The molecule has 166 valence electrons. The van der Waals surface area contributed by atoms with Crippen LogP contribution >= 0.6 is 11.3 Å². The van der Waals surface area contributed by atoms with Crippen molar-refractivity contribution in [2.45, 2.75) is 25.9 Å². The molecule has 0 radical (unpaired) electrons. The molecule has 1 atom stereocenters. The van der Waals surface area contributed by atoms with Gasteiger partial charge in [-0.2, -0.15) is 13.2 Å². The number of likely N-dealkylation sites (tertiary alicyclic amines) is 1. The number of carbonyl (C=O) groups excluding carboxylic acids is 3. The van der Waals surface area contributed by atoms with Gasteiger partial charge in [0.1, 0.15) is 5.69 Å². The zero-order valence-corrected chi connectivity index (χ0v) is 17.4. The van der Waals surface area contributed by atoms with E-state index >= 15 is 0 Å². The summed E-state index contributed by atoms with van der Waals surface area (Å²) < 4.78 is 43.5. The molecule has 1 fully saturated rings. The number of esters is 1. The van der Waals surface area contributed by atoms with Crippen LogP contribution in [0.2, 0.25) is 0 Å². The number of aromatic nitrogens is 1. The molecule has 1 aromatic carbocycles. The Morgan fingerprint density at radius 3 is 2.81 bits per heavy atom. The van der Waals surface area contributed by atoms with Crippen molar-refractivity contribution in [1.29, 1.82) is 0 Å². The van der Waals surface area contributed by atoms with E-state index in [0.717, 1.165) is 29.5 Å². The van der Waals surface area contributed by atoms with E-state index in [1.54, 1.807) is 6.92 Å². The van der Waals surface area contributed by atoms with Crippen LogP contribution in [0.15, 0.2) is 29.6 Å². The lowest BCUT2D eigenvalue weighted by atomic mass is 9.98. The molecule has 11 heteroatoms. The number of carbonyl (C=O) groups is 3. The van der Waals surface area contributed by atoms with Crippen LogP contribution in [0.25, 0.3) is 0 Å². The highest BCUT2D eigenvalue weighted by atomic mass is 32.1. The van der Waals surface area contributed by atoms with Gasteiger partial charge in [-0.25, -0.2) is 4.98 Å². The molecular formula is C20H20F3N3O4S. The van der Waals surface area contributed by atoms with Crippen molar-refractivity contribution in [1.82, 2.24) is 9.88 Å². The molecular weight excluding hydrogens is 435 g/mol. The van der Waals surface area contributed by atoms with Gasteiger partial charge >= 0.3 is 12.1 Å². The van der Waals surface area contributed by atoms with Gasteiger partial charge in [0, 0.05) is 24.0 Å². The third-order valence-corrected chi connectivity index (χ3v) is 5.48. The van der Waals surface area contributed by atoms with Crippen LogP contribution in [0.1, 0.15) is 46.2 Å². The monoisotopic (exact) mass is 455 g/mol. The van der Waals surface area contributed by atoms with E-state index in [-0.39, 0.29) is 41.4 Å². The molecule has 0 aliphatic carbocycles. The summed E-state index contributed by atoms with van der Waals surface area (Å²) in [5.41, 5.74) is -1.02. The first-order valence-electron chi connectivity index (χ1n) is 9.59. The van der Waals surface area contributed by atoms with E-state index in [4.69, 9.17) is 4.74 Å². The molecule has 1 saturated heterocycles. The first-order valence-corrected chi connectivity index (χ1v) is 10.5. The van der Waals surface area contributed by atoms with Crippen molar-refractivity contribution in [3.63, 3.8) is 0 Å². The summed E-state index contributed by atoms with van der Waals surface area (Å²) in [4.78, 5) is 42.6. The Kier molecular flexibility index (Phi) is 6.94. The number of benzene rings is 1. The Bertz CT molecular complexity index is 977. The van der Waals surface area contributed by atoms with Crippen molar-refractivity contribution < 1.29 is 32.3 Å². The lowest BCUT2D eigenvalue weighted by Gasteiger charge is -2.31. The highest BCUT2D eigenvalue weighted by Crippen LogP contribution is 2.30. The minimum Gasteiger partial charge on any atom is -0.466 e. The Balaban J connectivity index is 1.65. The highest BCUT2D eigenvalue weighted by Gasteiger charge is 2.32. The zero-order valence-electron chi connectivity index (χ0n) is 16.6. The molecule has 0 bridgehead atoms. The third kappa shape index (κ3) is 5.60. The minimum absolute atomic E-state index is 0.0877. The normalized spacial score (nSPS) is 16.6. The van der Waals surface area contributed by atoms with Crippen molar-refractivity contribution in [2.75, 3.05) is 25.0 Å². The molecule has 31 heavy (non-hydrogen) atoms. The second-order valence-electron chi connectivity index (χ2n) is 6.91. The molecule has 1 aliphatic heterocycles. The predicted molar refractivity (Wildman–Crippen MR) is 107 cm³/mol. The second kappa shape index (κ2) is 9.46. The lowest BCUT2D eigenvalue weighted by Crippen LogP contribution is -2.43. The number of hydrogen-bond donors (Lipinski definition) is 1. The Morgan fingerprint density at radius 2 is 2.10 bits per heavy atom. The van der Waals surface area contributed by atoms with Gasteiger partial charge in [-0.15, -0.1) is 11.3 Å². The number of nitrogens with zero attached hydrogens (tertiary/aromatic N) is 2. The fourth-order valence-corrected chi connectivity index (χ4v) is 3.89. The van der Waals surface area contributed by atoms with Gasteiger partial charge in [0.05, 0.1) is 18.1 Å². The molecule has 7 nitrogen and oxygen atoms in total. The fourth-order valence-electron chi connectivity index (χ4n) is 3.21. The summed E-state index contributed by atoms with van der Waals surface area (Å²) in [5.74, 6) is -1.88. The molecule has 2 amide bonds. The minimum atomic E-state index is -4.56. The number of hydrogen-bond acceptors (Lipinski definition) is 6. The van der Waals surface area contributed by atoms with Crippen LogP contribution < -0.4 is 5.32 Å². The molecule has 0 spiro atoms. The number of anilines is 1. The molecule has 1 aliphatic rings. The third-order valence-electron chi connectivity index (χ3n) is 4.72. The summed E-state index contributed by atoms with van der Waals surface area (Å²) in [6.07, 6.45) is -3.27.